The Morgan fingerprint density at radius 1 is 1.06 bits per heavy atom. The zero-order valence-electron chi connectivity index (χ0n) is 18.6. The molecule has 0 bridgehead atoms. The summed E-state index contributed by atoms with van der Waals surface area (Å²) in [5, 5.41) is 10.2. The summed E-state index contributed by atoms with van der Waals surface area (Å²) in [6.07, 6.45) is 0. The number of H-pyrrole nitrogens is 1. The van der Waals surface area contributed by atoms with E-state index in [1.807, 2.05) is 61.7 Å². The fraction of sp³-hybridized carbons (Fsp3) is 0.292. The summed E-state index contributed by atoms with van der Waals surface area (Å²) in [4.78, 5) is 16.1. The van der Waals surface area contributed by atoms with Gasteiger partial charge >= 0.3 is 0 Å². The summed E-state index contributed by atoms with van der Waals surface area (Å²) in [6, 6.07) is 13.2. The van der Waals surface area contributed by atoms with Gasteiger partial charge in [0.1, 0.15) is 18.1 Å². The molecule has 0 amide bonds. The third-order valence-electron chi connectivity index (χ3n) is 5.22. The van der Waals surface area contributed by atoms with E-state index in [1.165, 1.54) is 0 Å². The van der Waals surface area contributed by atoms with E-state index in [4.69, 9.17) is 9.47 Å². The molecule has 1 N–H and O–H groups in total. The van der Waals surface area contributed by atoms with Crippen LogP contribution < -0.4 is 14.9 Å². The minimum atomic E-state index is 0.0392. The van der Waals surface area contributed by atoms with E-state index in [0.717, 1.165) is 56.7 Å². The van der Waals surface area contributed by atoms with Gasteiger partial charge in [-0.05, 0) is 62.2 Å². The van der Waals surface area contributed by atoms with Crippen molar-refractivity contribution < 1.29 is 9.47 Å². The second-order valence-electron chi connectivity index (χ2n) is 7.56. The van der Waals surface area contributed by atoms with Crippen LogP contribution in [0.15, 0.2) is 52.4 Å². The third kappa shape index (κ3) is 4.65. The van der Waals surface area contributed by atoms with Gasteiger partial charge < -0.3 is 19.0 Å². The molecule has 0 aliphatic carbocycles. The van der Waals surface area contributed by atoms with Gasteiger partial charge in [0.05, 0.1) is 12.6 Å². The highest BCUT2D eigenvalue weighted by Crippen LogP contribution is 2.24. The van der Waals surface area contributed by atoms with Crippen molar-refractivity contribution in [3.05, 3.63) is 75.3 Å². The van der Waals surface area contributed by atoms with Crippen LogP contribution in [0.3, 0.4) is 0 Å². The molecule has 0 radical (unpaired) electrons. The maximum absolute atomic E-state index is 12.6. The minimum absolute atomic E-state index is 0.0392. The smallest absolute Gasteiger partial charge is 0.191 e. The predicted molar refractivity (Wildman–Crippen MR) is 127 cm³/mol. The molecule has 0 saturated carbocycles. The number of ether oxygens (including phenoxy) is 2. The number of nitrogens with zero attached hydrogens (tertiary/aromatic N) is 3. The van der Waals surface area contributed by atoms with Crippen molar-refractivity contribution in [2.75, 3.05) is 7.11 Å². The van der Waals surface area contributed by atoms with Crippen LogP contribution in [0, 0.1) is 13.8 Å². The van der Waals surface area contributed by atoms with Crippen molar-refractivity contribution in [2.24, 2.45) is 0 Å². The highest BCUT2D eigenvalue weighted by Gasteiger charge is 2.13. The summed E-state index contributed by atoms with van der Waals surface area (Å²) in [6.45, 7) is 7.10. The highest BCUT2D eigenvalue weighted by molar-refractivity contribution is 7.98. The van der Waals surface area contributed by atoms with Gasteiger partial charge in [0.15, 0.2) is 16.4 Å². The number of methoxy groups -OCH3 is 1. The SMILES string of the molecule is CCn1c(COc2ccc(OC)cc2)nnc1SCc1cc(=O)c2c(C)cc(C)cc2[nH]1. The molecule has 2 aromatic heterocycles. The molecule has 32 heavy (non-hydrogen) atoms. The maximum atomic E-state index is 12.6. The fourth-order valence-electron chi connectivity index (χ4n) is 3.72. The van der Waals surface area contributed by atoms with Crippen LogP contribution in [0.25, 0.3) is 10.9 Å². The first-order valence-electron chi connectivity index (χ1n) is 10.4. The third-order valence-corrected chi connectivity index (χ3v) is 6.24. The van der Waals surface area contributed by atoms with Gasteiger partial charge in [0.25, 0.3) is 0 Å². The average molecular weight is 451 g/mol. The largest absolute Gasteiger partial charge is 0.497 e. The predicted octanol–water partition coefficient (Wildman–Crippen LogP) is 4.64. The second kappa shape index (κ2) is 9.48. The fourth-order valence-corrected chi connectivity index (χ4v) is 4.65. The summed E-state index contributed by atoms with van der Waals surface area (Å²) in [7, 11) is 1.63. The zero-order valence-corrected chi connectivity index (χ0v) is 19.5. The number of fused-ring (bicyclic) bond motifs is 1. The Labute approximate surface area is 190 Å². The van der Waals surface area contributed by atoms with Crippen molar-refractivity contribution in [3.8, 4) is 11.5 Å². The lowest BCUT2D eigenvalue weighted by Crippen LogP contribution is -2.08. The second-order valence-corrected chi connectivity index (χ2v) is 8.50. The van der Waals surface area contributed by atoms with E-state index >= 15 is 0 Å². The molecule has 7 nitrogen and oxygen atoms in total. The lowest BCUT2D eigenvalue weighted by atomic mass is 10.1. The topological polar surface area (TPSA) is 82.0 Å². The van der Waals surface area contributed by atoms with Crippen molar-refractivity contribution in [2.45, 2.75) is 44.8 Å². The van der Waals surface area contributed by atoms with Crippen LogP contribution in [-0.4, -0.2) is 26.9 Å². The molecule has 0 aliphatic rings. The van der Waals surface area contributed by atoms with E-state index in [9.17, 15) is 4.79 Å². The van der Waals surface area contributed by atoms with Gasteiger partial charge in [-0.2, -0.15) is 0 Å². The molecule has 4 rings (SSSR count). The minimum Gasteiger partial charge on any atom is -0.497 e. The zero-order chi connectivity index (χ0) is 22.7. The number of nitrogens with one attached hydrogen (secondary N) is 1. The Morgan fingerprint density at radius 2 is 1.81 bits per heavy atom. The Hall–Kier alpha value is -3.26. The lowest BCUT2D eigenvalue weighted by molar-refractivity contribution is 0.287. The molecule has 0 atom stereocenters. The molecular formula is C24H26N4O3S. The molecular weight excluding hydrogens is 424 g/mol. The van der Waals surface area contributed by atoms with E-state index < -0.39 is 0 Å². The van der Waals surface area contributed by atoms with Crippen molar-refractivity contribution in [1.29, 1.82) is 0 Å². The Kier molecular flexibility index (Phi) is 6.50. The number of aromatic amines is 1. The van der Waals surface area contributed by atoms with Gasteiger partial charge in [0.2, 0.25) is 0 Å². The van der Waals surface area contributed by atoms with Gasteiger partial charge in [-0.3, -0.25) is 4.79 Å². The maximum Gasteiger partial charge on any atom is 0.191 e. The van der Waals surface area contributed by atoms with Gasteiger partial charge in [-0.15, -0.1) is 10.2 Å². The summed E-state index contributed by atoms with van der Waals surface area (Å²) < 4.78 is 13.1. The molecule has 0 spiro atoms. The average Bonchev–Trinajstić information content (AvgIpc) is 3.17. The van der Waals surface area contributed by atoms with E-state index in [1.54, 1.807) is 24.9 Å². The first kappa shape index (κ1) is 22.0. The molecule has 8 heteroatoms. The molecule has 0 aliphatic heterocycles. The van der Waals surface area contributed by atoms with Crippen LogP contribution in [0.4, 0.5) is 0 Å². The molecule has 2 heterocycles. The number of aromatic nitrogens is 4. The normalized spacial score (nSPS) is 11.1. The Balaban J connectivity index is 1.48. The molecule has 4 aromatic rings. The first-order chi connectivity index (χ1) is 15.5. The van der Waals surface area contributed by atoms with Crippen molar-refractivity contribution in [1.82, 2.24) is 19.7 Å². The Bertz CT molecular complexity index is 1300. The van der Waals surface area contributed by atoms with E-state index in [2.05, 4.69) is 15.2 Å². The van der Waals surface area contributed by atoms with Crippen LogP contribution in [-0.2, 0) is 18.9 Å². The van der Waals surface area contributed by atoms with Crippen LogP contribution >= 0.6 is 11.8 Å². The number of hydrogen-bond donors (Lipinski definition) is 1. The summed E-state index contributed by atoms with van der Waals surface area (Å²) >= 11 is 1.54. The van der Waals surface area contributed by atoms with E-state index in [-0.39, 0.29) is 5.43 Å². The Morgan fingerprint density at radius 3 is 2.53 bits per heavy atom. The number of hydrogen-bond acceptors (Lipinski definition) is 6. The standard InChI is InChI=1S/C24H26N4O3S/c1-5-28-22(13-31-19-8-6-18(30-4)7-9-19)26-27-24(28)32-14-17-12-21(29)23-16(3)10-15(2)11-20(23)25-17/h6-12H,5,13-14H2,1-4H3,(H,25,29). The number of thioether (sulfide) groups is 1. The van der Waals surface area contributed by atoms with Gasteiger partial charge in [-0.25, -0.2) is 0 Å². The van der Waals surface area contributed by atoms with E-state index in [0.29, 0.717) is 12.4 Å². The van der Waals surface area contributed by atoms with Crippen LogP contribution in [0.2, 0.25) is 0 Å². The molecule has 2 aromatic carbocycles. The number of aryl methyl sites for hydroxylation is 2. The lowest BCUT2D eigenvalue weighted by Gasteiger charge is -2.10. The van der Waals surface area contributed by atoms with Crippen molar-refractivity contribution in [3.63, 3.8) is 0 Å². The molecule has 0 fully saturated rings. The van der Waals surface area contributed by atoms with Crippen LogP contribution in [0.1, 0.15) is 29.6 Å². The molecule has 0 saturated heterocycles. The quantitative estimate of drug-likeness (QED) is 0.394. The van der Waals surface area contributed by atoms with Gasteiger partial charge in [0, 0.05) is 29.4 Å². The first-order valence-corrected chi connectivity index (χ1v) is 11.4. The van der Waals surface area contributed by atoms with Crippen molar-refractivity contribution >= 4 is 22.7 Å². The highest BCUT2D eigenvalue weighted by atomic mass is 32.2. The summed E-state index contributed by atoms with van der Waals surface area (Å²) in [5.41, 5.74) is 3.89. The monoisotopic (exact) mass is 450 g/mol. The summed E-state index contributed by atoms with van der Waals surface area (Å²) in [5.74, 6) is 2.87. The van der Waals surface area contributed by atoms with Crippen LogP contribution in [0.5, 0.6) is 11.5 Å². The number of rotatable bonds is 8. The molecule has 166 valence electrons. The van der Waals surface area contributed by atoms with Gasteiger partial charge in [-0.1, -0.05) is 17.8 Å². The molecule has 0 unspecified atom stereocenters. The number of benzene rings is 2. The number of pyridine rings is 1.